The van der Waals surface area contributed by atoms with Gasteiger partial charge < -0.3 is 19.7 Å². The van der Waals surface area contributed by atoms with E-state index in [9.17, 15) is 9.59 Å². The molecular weight excluding hydrogens is 476 g/mol. The Balaban J connectivity index is 1.56. The van der Waals surface area contributed by atoms with Crippen molar-refractivity contribution in [3.63, 3.8) is 0 Å². The Kier molecular flexibility index (Phi) is 8.35. The molecule has 188 valence electrons. The summed E-state index contributed by atoms with van der Waals surface area (Å²) < 4.78 is 10.5. The Morgan fingerprint density at radius 3 is 2.58 bits per heavy atom. The van der Waals surface area contributed by atoms with Crippen molar-refractivity contribution in [1.29, 1.82) is 0 Å². The maximum Gasteiger partial charge on any atom is 0.322 e. The monoisotopic (exact) mass is 506 g/mol. The first-order valence-electron chi connectivity index (χ1n) is 11.7. The van der Waals surface area contributed by atoms with Crippen LogP contribution in [0.4, 0.5) is 10.5 Å². The van der Waals surface area contributed by atoms with Gasteiger partial charge in [0.15, 0.2) is 0 Å². The van der Waals surface area contributed by atoms with E-state index in [1.54, 1.807) is 43.8 Å². The largest absolute Gasteiger partial charge is 0.495 e. The molecule has 9 heteroatoms. The zero-order valence-electron chi connectivity index (χ0n) is 20.6. The third-order valence-electron chi connectivity index (χ3n) is 5.96. The fourth-order valence-corrected chi connectivity index (χ4v) is 4.73. The predicted octanol–water partition coefficient (Wildman–Crippen LogP) is 4.92. The lowest BCUT2D eigenvalue weighted by Crippen LogP contribution is -2.44. The Morgan fingerprint density at radius 1 is 1.11 bits per heavy atom. The van der Waals surface area contributed by atoms with E-state index in [2.05, 4.69) is 5.32 Å². The molecular formula is C27H30N4O4S. The molecule has 1 aromatic heterocycles. The number of thiophene rings is 1. The second kappa shape index (κ2) is 11.8. The maximum absolute atomic E-state index is 13.6. The van der Waals surface area contributed by atoms with Crippen molar-refractivity contribution < 1.29 is 19.1 Å². The molecule has 1 unspecified atom stereocenters. The molecule has 0 spiro atoms. The molecule has 2 heterocycles. The highest BCUT2D eigenvalue weighted by Gasteiger charge is 2.34. The number of hydrogen-bond acceptors (Lipinski definition) is 6. The average molecular weight is 507 g/mol. The molecule has 0 aliphatic carbocycles. The van der Waals surface area contributed by atoms with E-state index >= 15 is 0 Å². The van der Waals surface area contributed by atoms with Crippen LogP contribution in [0.15, 0.2) is 71.1 Å². The molecule has 0 saturated heterocycles. The lowest BCUT2D eigenvalue weighted by atomic mass is 10.00. The minimum Gasteiger partial charge on any atom is -0.495 e. The summed E-state index contributed by atoms with van der Waals surface area (Å²) in [6, 6.07) is 18.6. The van der Waals surface area contributed by atoms with Gasteiger partial charge in [-0.3, -0.25) is 4.79 Å². The first-order chi connectivity index (χ1) is 17.5. The van der Waals surface area contributed by atoms with Crippen LogP contribution in [0, 0.1) is 6.92 Å². The van der Waals surface area contributed by atoms with Crippen LogP contribution in [0.2, 0.25) is 0 Å². The molecule has 1 N–H and O–H groups in total. The number of hydrazone groups is 1. The van der Waals surface area contributed by atoms with E-state index < -0.39 is 6.03 Å². The van der Waals surface area contributed by atoms with Crippen molar-refractivity contribution in [3.8, 4) is 5.75 Å². The smallest absolute Gasteiger partial charge is 0.322 e. The van der Waals surface area contributed by atoms with Gasteiger partial charge in [-0.2, -0.15) is 5.10 Å². The summed E-state index contributed by atoms with van der Waals surface area (Å²) >= 11 is 1.60. The molecule has 0 bridgehead atoms. The van der Waals surface area contributed by atoms with Crippen LogP contribution >= 0.6 is 11.3 Å². The summed E-state index contributed by atoms with van der Waals surface area (Å²) in [7, 11) is 3.10. The van der Waals surface area contributed by atoms with Crippen LogP contribution in [-0.4, -0.2) is 61.5 Å². The number of para-hydroxylation sites is 2. The van der Waals surface area contributed by atoms with Crippen molar-refractivity contribution in [3.05, 3.63) is 82.0 Å². The Bertz CT molecular complexity index is 1210. The highest BCUT2D eigenvalue weighted by Crippen LogP contribution is 2.34. The standard InChI is InChI=1S/C27H30N4O4S/c1-19-10-12-20(13-11-19)23-17-22(25-9-6-16-36-25)29-31(23)26(32)18-30(14-15-34-2)27(33)28-21-7-4-5-8-24(21)35-3/h4-13,16,23H,14-15,17-18H2,1-3H3,(H,28,33). The van der Waals surface area contributed by atoms with Crippen LogP contribution in [-0.2, 0) is 9.53 Å². The Hall–Kier alpha value is -3.69. The van der Waals surface area contributed by atoms with Crippen LogP contribution < -0.4 is 10.1 Å². The van der Waals surface area contributed by atoms with Crippen LogP contribution in [0.1, 0.15) is 28.5 Å². The molecule has 3 amide bonds. The second-order valence-corrected chi connectivity index (χ2v) is 9.39. The van der Waals surface area contributed by atoms with Crippen LogP contribution in [0.5, 0.6) is 5.75 Å². The zero-order chi connectivity index (χ0) is 25.5. The number of rotatable bonds is 9. The Morgan fingerprint density at radius 2 is 1.89 bits per heavy atom. The number of amides is 3. The summed E-state index contributed by atoms with van der Waals surface area (Å²) in [4.78, 5) is 29.2. The van der Waals surface area contributed by atoms with E-state index in [1.165, 1.54) is 9.91 Å². The number of anilines is 1. The number of hydrogen-bond donors (Lipinski definition) is 1. The topological polar surface area (TPSA) is 83.5 Å². The first kappa shape index (κ1) is 25.4. The van der Waals surface area contributed by atoms with E-state index in [0.29, 0.717) is 17.9 Å². The Labute approximate surface area is 215 Å². The van der Waals surface area contributed by atoms with Gasteiger partial charge in [0, 0.05) is 20.1 Å². The number of carbonyl (C=O) groups excluding carboxylic acids is 2. The molecule has 0 radical (unpaired) electrons. The molecule has 4 rings (SSSR count). The molecule has 1 atom stereocenters. The molecule has 2 aromatic carbocycles. The van der Waals surface area contributed by atoms with Gasteiger partial charge in [-0.25, -0.2) is 9.80 Å². The number of benzene rings is 2. The zero-order valence-corrected chi connectivity index (χ0v) is 21.5. The van der Waals surface area contributed by atoms with Gasteiger partial charge in [0.25, 0.3) is 5.91 Å². The summed E-state index contributed by atoms with van der Waals surface area (Å²) in [5, 5.41) is 11.1. The number of nitrogens with zero attached hydrogens (tertiary/aromatic N) is 3. The normalized spacial score (nSPS) is 14.9. The van der Waals surface area contributed by atoms with E-state index in [-0.39, 0.29) is 31.6 Å². The fourth-order valence-electron chi connectivity index (χ4n) is 4.01. The van der Waals surface area contributed by atoms with Gasteiger partial charge in [-0.05, 0) is 36.1 Å². The third-order valence-corrected chi connectivity index (χ3v) is 6.88. The van der Waals surface area contributed by atoms with Gasteiger partial charge in [-0.1, -0.05) is 48.0 Å². The predicted molar refractivity (Wildman–Crippen MR) is 142 cm³/mol. The van der Waals surface area contributed by atoms with Gasteiger partial charge >= 0.3 is 6.03 Å². The minimum atomic E-state index is -0.418. The van der Waals surface area contributed by atoms with Crippen molar-refractivity contribution >= 4 is 34.7 Å². The molecule has 3 aromatic rings. The lowest BCUT2D eigenvalue weighted by molar-refractivity contribution is -0.133. The number of urea groups is 1. The number of ether oxygens (including phenoxy) is 2. The van der Waals surface area contributed by atoms with Crippen molar-refractivity contribution in [2.75, 3.05) is 39.2 Å². The van der Waals surface area contributed by atoms with Crippen LogP contribution in [0.25, 0.3) is 0 Å². The number of carbonyl (C=O) groups is 2. The summed E-state index contributed by atoms with van der Waals surface area (Å²) in [5.74, 6) is 0.270. The second-order valence-electron chi connectivity index (χ2n) is 8.44. The maximum atomic E-state index is 13.6. The number of methoxy groups -OCH3 is 2. The van der Waals surface area contributed by atoms with Crippen molar-refractivity contribution in [2.45, 2.75) is 19.4 Å². The number of aryl methyl sites for hydroxylation is 1. The molecule has 1 aliphatic rings. The van der Waals surface area contributed by atoms with Crippen LogP contribution in [0.3, 0.4) is 0 Å². The van der Waals surface area contributed by atoms with Gasteiger partial charge in [-0.15, -0.1) is 11.3 Å². The molecule has 0 saturated carbocycles. The molecule has 0 fully saturated rings. The lowest BCUT2D eigenvalue weighted by Gasteiger charge is -2.27. The molecule has 36 heavy (non-hydrogen) atoms. The molecule has 8 nitrogen and oxygen atoms in total. The summed E-state index contributed by atoms with van der Waals surface area (Å²) in [6.07, 6.45) is 0.612. The fraction of sp³-hybridized carbons (Fsp3) is 0.296. The highest BCUT2D eigenvalue weighted by molar-refractivity contribution is 7.12. The van der Waals surface area contributed by atoms with Gasteiger partial charge in [0.1, 0.15) is 12.3 Å². The van der Waals surface area contributed by atoms with Crippen molar-refractivity contribution in [2.24, 2.45) is 5.10 Å². The highest BCUT2D eigenvalue weighted by atomic mass is 32.1. The summed E-state index contributed by atoms with van der Waals surface area (Å²) in [6.45, 7) is 2.42. The first-order valence-corrected chi connectivity index (χ1v) is 12.6. The average Bonchev–Trinajstić information content (AvgIpc) is 3.58. The SMILES string of the molecule is COCCN(CC(=O)N1N=C(c2cccs2)CC1c1ccc(C)cc1)C(=O)Nc1ccccc1OC. The van der Waals surface area contributed by atoms with E-state index in [4.69, 9.17) is 14.6 Å². The van der Waals surface area contributed by atoms with E-state index in [0.717, 1.165) is 21.7 Å². The van der Waals surface area contributed by atoms with Gasteiger partial charge in [0.05, 0.1) is 36.0 Å². The number of nitrogens with one attached hydrogen (secondary N) is 1. The quantitative estimate of drug-likeness (QED) is 0.446. The minimum absolute atomic E-state index is 0.145. The third kappa shape index (κ3) is 5.92. The van der Waals surface area contributed by atoms with Crippen molar-refractivity contribution in [1.82, 2.24) is 9.91 Å². The molecule has 1 aliphatic heterocycles. The summed E-state index contributed by atoms with van der Waals surface area (Å²) in [5.41, 5.74) is 3.54. The van der Waals surface area contributed by atoms with Gasteiger partial charge in [0.2, 0.25) is 0 Å². The van der Waals surface area contributed by atoms with E-state index in [1.807, 2.05) is 54.8 Å².